The lowest BCUT2D eigenvalue weighted by atomic mass is 9.81. The minimum atomic E-state index is 0.0647. The number of nitrogens with zero attached hydrogens (tertiary/aromatic N) is 5. The van der Waals surface area contributed by atoms with Crippen molar-refractivity contribution < 1.29 is 9.21 Å². The molecule has 0 atom stereocenters. The molecule has 0 aromatic carbocycles. The van der Waals surface area contributed by atoms with Crippen LogP contribution < -0.4 is 5.32 Å². The molecule has 0 radical (unpaired) electrons. The van der Waals surface area contributed by atoms with Crippen LogP contribution in [0, 0.1) is 11.8 Å². The van der Waals surface area contributed by atoms with Crippen molar-refractivity contribution in [3.63, 3.8) is 0 Å². The molecule has 168 valence electrons. The third kappa shape index (κ3) is 4.81. The van der Waals surface area contributed by atoms with Gasteiger partial charge in [-0.15, -0.1) is 0 Å². The first-order chi connectivity index (χ1) is 15.6. The van der Waals surface area contributed by atoms with Gasteiger partial charge >= 0.3 is 0 Å². The lowest BCUT2D eigenvalue weighted by Gasteiger charge is -2.36. The quantitative estimate of drug-likeness (QED) is 0.659. The molecule has 3 aromatic heterocycles. The van der Waals surface area contributed by atoms with E-state index in [1.54, 1.807) is 18.6 Å². The van der Waals surface area contributed by atoms with Crippen molar-refractivity contribution in [3.8, 4) is 11.3 Å². The Bertz CT molecular complexity index is 1050. The van der Waals surface area contributed by atoms with E-state index in [2.05, 4.69) is 37.1 Å². The summed E-state index contributed by atoms with van der Waals surface area (Å²) in [5.41, 5.74) is 1.62. The zero-order chi connectivity index (χ0) is 21.9. The topological polar surface area (TPSA) is 87.4 Å². The molecular weight excluding hydrogens is 404 g/mol. The molecule has 1 aliphatic heterocycles. The minimum Gasteiger partial charge on any atom is -0.443 e. The maximum absolute atomic E-state index is 12.9. The zero-order valence-electron chi connectivity index (χ0n) is 18.5. The van der Waals surface area contributed by atoms with Crippen molar-refractivity contribution in [2.75, 3.05) is 45.1 Å². The molecule has 1 saturated carbocycles. The highest BCUT2D eigenvalue weighted by atomic mass is 16.3. The van der Waals surface area contributed by atoms with E-state index in [1.807, 2.05) is 12.1 Å². The Balaban J connectivity index is 1.17. The van der Waals surface area contributed by atoms with Crippen molar-refractivity contribution in [1.82, 2.24) is 24.8 Å². The lowest BCUT2D eigenvalue weighted by Crippen LogP contribution is -2.46. The van der Waals surface area contributed by atoms with Gasteiger partial charge in [-0.05, 0) is 50.8 Å². The molecule has 3 aromatic rings. The number of likely N-dealkylation sites (N-methyl/N-ethyl adjacent to an activating group) is 1. The third-order valence-corrected chi connectivity index (χ3v) is 6.87. The van der Waals surface area contributed by atoms with Crippen LogP contribution in [-0.2, 0) is 4.79 Å². The number of amides is 1. The highest BCUT2D eigenvalue weighted by molar-refractivity contribution is 5.94. The number of carbonyl (C=O) groups is 1. The highest BCUT2D eigenvalue weighted by Crippen LogP contribution is 2.31. The second-order valence-corrected chi connectivity index (χ2v) is 9.16. The number of anilines is 1. The van der Waals surface area contributed by atoms with Crippen molar-refractivity contribution in [1.29, 1.82) is 0 Å². The maximum atomic E-state index is 12.9. The van der Waals surface area contributed by atoms with Crippen LogP contribution in [0.3, 0.4) is 0 Å². The van der Waals surface area contributed by atoms with Crippen LogP contribution in [0.15, 0.2) is 41.5 Å². The Kier molecular flexibility index (Phi) is 6.14. The summed E-state index contributed by atoms with van der Waals surface area (Å²) in [6.07, 6.45) is 10.7. The van der Waals surface area contributed by atoms with Gasteiger partial charge in [0.1, 0.15) is 5.82 Å². The van der Waals surface area contributed by atoms with Gasteiger partial charge in [0.25, 0.3) is 0 Å². The van der Waals surface area contributed by atoms with Crippen LogP contribution in [0.5, 0.6) is 0 Å². The van der Waals surface area contributed by atoms with Gasteiger partial charge in [0.15, 0.2) is 12.2 Å². The van der Waals surface area contributed by atoms with E-state index < -0.39 is 0 Å². The summed E-state index contributed by atoms with van der Waals surface area (Å²) in [6, 6.07) is 3.85. The number of carbonyl (C=O) groups excluding carboxylic acids is 1. The normalized spacial score (nSPS) is 22.8. The average molecular weight is 435 g/mol. The summed E-state index contributed by atoms with van der Waals surface area (Å²) in [5.74, 6) is 2.08. The molecule has 2 aliphatic rings. The summed E-state index contributed by atoms with van der Waals surface area (Å²) in [7, 11) is 2.19. The molecular formula is C24H30N6O2. The second-order valence-electron chi connectivity index (χ2n) is 9.16. The molecule has 8 nitrogen and oxygen atoms in total. The van der Waals surface area contributed by atoms with Crippen LogP contribution >= 0.6 is 0 Å². The van der Waals surface area contributed by atoms with Gasteiger partial charge < -0.3 is 19.5 Å². The molecule has 0 unspecified atom stereocenters. The number of oxazole rings is 1. The predicted octanol–water partition coefficient (Wildman–Crippen LogP) is 3.28. The van der Waals surface area contributed by atoms with E-state index in [0.717, 1.165) is 68.3 Å². The number of rotatable bonds is 5. The van der Waals surface area contributed by atoms with Crippen LogP contribution in [0.2, 0.25) is 0 Å². The number of aromatic nitrogens is 3. The van der Waals surface area contributed by atoms with E-state index >= 15 is 0 Å². The van der Waals surface area contributed by atoms with Crippen molar-refractivity contribution in [2.45, 2.75) is 25.7 Å². The Morgan fingerprint density at radius 3 is 2.62 bits per heavy atom. The monoisotopic (exact) mass is 434 g/mol. The summed E-state index contributed by atoms with van der Waals surface area (Å²) in [5, 5.41) is 3.93. The van der Waals surface area contributed by atoms with E-state index in [4.69, 9.17) is 4.42 Å². The fourth-order valence-corrected chi connectivity index (χ4v) is 4.82. The smallest absolute Gasteiger partial charge is 0.228 e. The largest absolute Gasteiger partial charge is 0.443 e. The average Bonchev–Trinajstić information content (AvgIpc) is 3.36. The molecule has 1 aliphatic carbocycles. The Hall–Kier alpha value is -2.84. The second kappa shape index (κ2) is 9.34. The van der Waals surface area contributed by atoms with Crippen LogP contribution in [0.1, 0.15) is 25.7 Å². The van der Waals surface area contributed by atoms with Gasteiger partial charge in [-0.2, -0.15) is 0 Å². The number of nitrogens with one attached hydrogen (secondary N) is 1. The van der Waals surface area contributed by atoms with E-state index in [1.165, 1.54) is 12.9 Å². The van der Waals surface area contributed by atoms with Gasteiger partial charge in [-0.3, -0.25) is 9.78 Å². The molecule has 4 heterocycles. The molecule has 1 amide bonds. The molecule has 0 spiro atoms. The van der Waals surface area contributed by atoms with Gasteiger partial charge in [0.2, 0.25) is 5.91 Å². The van der Waals surface area contributed by atoms with Gasteiger partial charge in [-0.25, -0.2) is 9.97 Å². The Labute approximate surface area is 188 Å². The molecule has 1 saturated heterocycles. The number of hydrogen-bond acceptors (Lipinski definition) is 7. The van der Waals surface area contributed by atoms with Crippen molar-refractivity contribution >= 4 is 22.6 Å². The van der Waals surface area contributed by atoms with Crippen LogP contribution in [0.4, 0.5) is 5.82 Å². The maximum Gasteiger partial charge on any atom is 0.228 e. The standard InChI is InChI=1S/C24H30N6O2/c1-29-6-8-30(9-7-29)15-17-2-4-18(5-3-17)24(31)28-23-11-19-10-20(22-14-25-16-32-22)12-26-21(19)13-27-23/h10-14,16-18H,2-9,15H2,1H3,(H,27,28,31)/t17-,18-. The molecule has 2 fully saturated rings. The minimum absolute atomic E-state index is 0.0647. The first-order valence-corrected chi connectivity index (χ1v) is 11.5. The molecule has 5 rings (SSSR count). The third-order valence-electron chi connectivity index (χ3n) is 6.87. The number of pyridine rings is 2. The zero-order valence-corrected chi connectivity index (χ0v) is 18.5. The summed E-state index contributed by atoms with van der Waals surface area (Å²) >= 11 is 0. The molecule has 8 heteroatoms. The van der Waals surface area contributed by atoms with E-state index in [-0.39, 0.29) is 11.8 Å². The van der Waals surface area contributed by atoms with Gasteiger partial charge in [0, 0.05) is 55.8 Å². The Morgan fingerprint density at radius 1 is 1.06 bits per heavy atom. The fraction of sp³-hybridized carbons (Fsp3) is 0.500. The summed E-state index contributed by atoms with van der Waals surface area (Å²) < 4.78 is 5.36. The van der Waals surface area contributed by atoms with Crippen LogP contribution in [0.25, 0.3) is 22.2 Å². The molecule has 0 bridgehead atoms. The number of hydrogen-bond donors (Lipinski definition) is 1. The first kappa shape index (κ1) is 21.0. The lowest BCUT2D eigenvalue weighted by molar-refractivity contribution is -0.121. The van der Waals surface area contributed by atoms with Gasteiger partial charge in [0.05, 0.1) is 17.9 Å². The van der Waals surface area contributed by atoms with Crippen LogP contribution in [-0.4, -0.2) is 70.4 Å². The Morgan fingerprint density at radius 2 is 1.88 bits per heavy atom. The highest BCUT2D eigenvalue weighted by Gasteiger charge is 2.28. The molecule has 32 heavy (non-hydrogen) atoms. The number of fused-ring (bicyclic) bond motifs is 1. The van der Waals surface area contributed by atoms with Crippen molar-refractivity contribution in [3.05, 3.63) is 37.1 Å². The predicted molar refractivity (Wildman–Crippen MR) is 123 cm³/mol. The van der Waals surface area contributed by atoms with Crippen molar-refractivity contribution in [2.24, 2.45) is 11.8 Å². The van der Waals surface area contributed by atoms with Gasteiger partial charge in [-0.1, -0.05) is 0 Å². The first-order valence-electron chi connectivity index (χ1n) is 11.5. The SMILES string of the molecule is CN1CCN(C[C@H]2CC[C@H](C(=O)Nc3cc4cc(-c5cnco5)cnc4cn3)CC2)CC1. The van der Waals surface area contributed by atoms with E-state index in [9.17, 15) is 4.79 Å². The summed E-state index contributed by atoms with van der Waals surface area (Å²) in [4.78, 5) is 30.7. The summed E-state index contributed by atoms with van der Waals surface area (Å²) in [6.45, 7) is 5.82. The molecule has 1 N–H and O–H groups in total. The fourth-order valence-electron chi connectivity index (χ4n) is 4.82. The van der Waals surface area contributed by atoms with E-state index in [0.29, 0.717) is 17.5 Å². The number of piperazine rings is 1.